The molecule has 17 heavy (non-hydrogen) atoms. The lowest BCUT2D eigenvalue weighted by molar-refractivity contribution is 0.461. The van der Waals surface area contributed by atoms with Gasteiger partial charge in [0.15, 0.2) is 0 Å². The molecule has 2 rings (SSSR count). The summed E-state index contributed by atoms with van der Waals surface area (Å²) in [6.07, 6.45) is 5.16. The topological polar surface area (TPSA) is 12.0 Å². The van der Waals surface area contributed by atoms with Gasteiger partial charge in [0.25, 0.3) is 0 Å². The molecule has 0 aliphatic carbocycles. The van der Waals surface area contributed by atoms with Gasteiger partial charge in [0, 0.05) is 6.54 Å². The largest absolute Gasteiger partial charge is 0.316 e. The molecule has 1 heteroatoms. The maximum Gasteiger partial charge on any atom is 0.00201 e. The molecule has 0 amide bonds. The van der Waals surface area contributed by atoms with Crippen molar-refractivity contribution in [1.82, 2.24) is 5.32 Å². The van der Waals surface area contributed by atoms with Gasteiger partial charge in [0.05, 0.1) is 0 Å². The molecule has 1 unspecified atom stereocenters. The van der Waals surface area contributed by atoms with Crippen LogP contribution in [0.2, 0.25) is 0 Å². The van der Waals surface area contributed by atoms with Crippen LogP contribution in [0.15, 0.2) is 24.3 Å². The van der Waals surface area contributed by atoms with Crippen molar-refractivity contribution < 1.29 is 0 Å². The zero-order valence-electron chi connectivity index (χ0n) is 11.2. The zero-order chi connectivity index (χ0) is 12.1. The summed E-state index contributed by atoms with van der Waals surface area (Å²) in [7, 11) is 0. The van der Waals surface area contributed by atoms with E-state index in [0.717, 1.165) is 18.4 Å². The third-order valence-electron chi connectivity index (χ3n) is 4.16. The van der Waals surface area contributed by atoms with Gasteiger partial charge in [-0.05, 0) is 55.2 Å². The van der Waals surface area contributed by atoms with E-state index >= 15 is 0 Å². The fourth-order valence-electron chi connectivity index (χ4n) is 2.94. The molecule has 1 N–H and O–H groups in total. The Labute approximate surface area is 106 Å². The van der Waals surface area contributed by atoms with Crippen LogP contribution in [0, 0.1) is 0 Å². The molecule has 1 aromatic rings. The van der Waals surface area contributed by atoms with Crippen LogP contribution in [0.5, 0.6) is 0 Å². The Morgan fingerprint density at radius 3 is 2.41 bits per heavy atom. The summed E-state index contributed by atoms with van der Waals surface area (Å²) in [5.41, 5.74) is 3.04. The SMILES string of the molecule is CCC(CC)c1ccc(C2CCCNC2)cc1. The van der Waals surface area contributed by atoms with Gasteiger partial charge in [-0.2, -0.15) is 0 Å². The first-order valence-electron chi connectivity index (χ1n) is 7.15. The average molecular weight is 231 g/mol. The molecule has 1 aromatic carbocycles. The van der Waals surface area contributed by atoms with Crippen LogP contribution in [0.4, 0.5) is 0 Å². The molecule has 94 valence electrons. The standard InChI is InChI=1S/C16H25N/c1-3-13(4-2)14-7-9-15(10-8-14)16-6-5-11-17-12-16/h7-10,13,16-17H,3-6,11-12H2,1-2H3. The molecule has 0 radical (unpaired) electrons. The molecule has 1 saturated heterocycles. The molecule has 0 saturated carbocycles. The van der Waals surface area contributed by atoms with Crippen molar-refractivity contribution in [2.45, 2.75) is 51.4 Å². The van der Waals surface area contributed by atoms with Gasteiger partial charge < -0.3 is 5.32 Å². The summed E-state index contributed by atoms with van der Waals surface area (Å²) < 4.78 is 0. The quantitative estimate of drug-likeness (QED) is 0.824. The van der Waals surface area contributed by atoms with E-state index in [4.69, 9.17) is 0 Å². The molecular formula is C16H25N. The van der Waals surface area contributed by atoms with E-state index in [1.807, 2.05) is 0 Å². The Morgan fingerprint density at radius 1 is 1.18 bits per heavy atom. The molecular weight excluding hydrogens is 206 g/mol. The van der Waals surface area contributed by atoms with Crippen molar-refractivity contribution in [2.24, 2.45) is 0 Å². The Morgan fingerprint density at radius 2 is 1.88 bits per heavy atom. The van der Waals surface area contributed by atoms with E-state index in [1.165, 1.54) is 43.4 Å². The van der Waals surface area contributed by atoms with Gasteiger partial charge in [0.2, 0.25) is 0 Å². The van der Waals surface area contributed by atoms with E-state index < -0.39 is 0 Å². The number of rotatable bonds is 4. The lowest BCUT2D eigenvalue weighted by Gasteiger charge is -2.23. The summed E-state index contributed by atoms with van der Waals surface area (Å²) in [4.78, 5) is 0. The maximum atomic E-state index is 3.49. The number of hydrogen-bond acceptors (Lipinski definition) is 1. The second kappa shape index (κ2) is 6.20. The first kappa shape index (κ1) is 12.6. The third kappa shape index (κ3) is 3.10. The first-order chi connectivity index (χ1) is 8.35. The summed E-state index contributed by atoms with van der Waals surface area (Å²) in [5, 5.41) is 3.49. The van der Waals surface area contributed by atoms with Crippen molar-refractivity contribution in [3.63, 3.8) is 0 Å². The van der Waals surface area contributed by atoms with Crippen LogP contribution >= 0.6 is 0 Å². The monoisotopic (exact) mass is 231 g/mol. The molecule has 1 nitrogen and oxygen atoms in total. The van der Waals surface area contributed by atoms with Crippen LogP contribution in [-0.2, 0) is 0 Å². The van der Waals surface area contributed by atoms with Crippen molar-refractivity contribution in [1.29, 1.82) is 0 Å². The number of nitrogens with one attached hydrogen (secondary N) is 1. The van der Waals surface area contributed by atoms with Gasteiger partial charge in [-0.15, -0.1) is 0 Å². The fraction of sp³-hybridized carbons (Fsp3) is 0.625. The number of hydrogen-bond donors (Lipinski definition) is 1. The van der Waals surface area contributed by atoms with Crippen LogP contribution in [-0.4, -0.2) is 13.1 Å². The third-order valence-corrected chi connectivity index (χ3v) is 4.16. The second-order valence-electron chi connectivity index (χ2n) is 5.22. The van der Waals surface area contributed by atoms with E-state index in [-0.39, 0.29) is 0 Å². The van der Waals surface area contributed by atoms with Crippen molar-refractivity contribution in [3.05, 3.63) is 35.4 Å². The predicted octanol–water partition coefficient (Wildman–Crippen LogP) is 4.06. The Hall–Kier alpha value is -0.820. The Kier molecular flexibility index (Phi) is 4.61. The van der Waals surface area contributed by atoms with Crippen LogP contribution in [0.25, 0.3) is 0 Å². The normalized spacial score (nSPS) is 20.8. The van der Waals surface area contributed by atoms with Gasteiger partial charge in [0.1, 0.15) is 0 Å². The summed E-state index contributed by atoms with van der Waals surface area (Å²) >= 11 is 0. The zero-order valence-corrected chi connectivity index (χ0v) is 11.2. The highest BCUT2D eigenvalue weighted by atomic mass is 14.9. The highest BCUT2D eigenvalue weighted by Crippen LogP contribution is 2.27. The first-order valence-corrected chi connectivity index (χ1v) is 7.15. The molecule has 1 heterocycles. The lowest BCUT2D eigenvalue weighted by atomic mass is 9.88. The van der Waals surface area contributed by atoms with Gasteiger partial charge in [-0.3, -0.25) is 0 Å². The maximum absolute atomic E-state index is 3.49. The number of benzene rings is 1. The van der Waals surface area contributed by atoms with Crippen molar-refractivity contribution >= 4 is 0 Å². The second-order valence-corrected chi connectivity index (χ2v) is 5.22. The van der Waals surface area contributed by atoms with Gasteiger partial charge >= 0.3 is 0 Å². The Bertz CT molecular complexity index is 318. The van der Waals surface area contributed by atoms with Crippen LogP contribution in [0.1, 0.15) is 62.5 Å². The summed E-state index contributed by atoms with van der Waals surface area (Å²) in [6.45, 7) is 6.92. The average Bonchev–Trinajstić information content (AvgIpc) is 2.42. The van der Waals surface area contributed by atoms with Crippen molar-refractivity contribution in [3.8, 4) is 0 Å². The summed E-state index contributed by atoms with van der Waals surface area (Å²) in [5.74, 6) is 1.48. The highest BCUT2D eigenvalue weighted by Gasteiger charge is 2.15. The molecule has 1 atom stereocenters. The van der Waals surface area contributed by atoms with E-state index in [0.29, 0.717) is 0 Å². The predicted molar refractivity (Wildman–Crippen MR) is 74.6 cm³/mol. The smallest absolute Gasteiger partial charge is 0.00201 e. The molecule has 0 bridgehead atoms. The van der Waals surface area contributed by atoms with E-state index in [2.05, 4.69) is 43.4 Å². The minimum Gasteiger partial charge on any atom is -0.316 e. The van der Waals surface area contributed by atoms with Crippen LogP contribution in [0.3, 0.4) is 0 Å². The molecule has 1 aliphatic heterocycles. The molecule has 1 fully saturated rings. The van der Waals surface area contributed by atoms with Crippen molar-refractivity contribution in [2.75, 3.05) is 13.1 Å². The fourth-order valence-corrected chi connectivity index (χ4v) is 2.94. The van der Waals surface area contributed by atoms with Gasteiger partial charge in [-0.1, -0.05) is 38.1 Å². The minimum absolute atomic E-state index is 0.736. The van der Waals surface area contributed by atoms with Gasteiger partial charge in [-0.25, -0.2) is 0 Å². The Balaban J connectivity index is 2.06. The van der Waals surface area contributed by atoms with Crippen LogP contribution < -0.4 is 5.32 Å². The molecule has 1 aliphatic rings. The minimum atomic E-state index is 0.736. The molecule has 0 aromatic heterocycles. The summed E-state index contributed by atoms with van der Waals surface area (Å²) in [6, 6.07) is 9.40. The lowest BCUT2D eigenvalue weighted by Crippen LogP contribution is -2.28. The number of piperidine rings is 1. The van der Waals surface area contributed by atoms with E-state index in [1.54, 1.807) is 0 Å². The highest BCUT2D eigenvalue weighted by molar-refractivity contribution is 5.28. The molecule has 0 spiro atoms. The van der Waals surface area contributed by atoms with E-state index in [9.17, 15) is 0 Å².